The molecule has 0 atom stereocenters. The Kier molecular flexibility index (Phi) is 6.29. The van der Waals surface area contributed by atoms with Crippen LogP contribution in [0.2, 0.25) is 0 Å². The molecule has 0 aliphatic carbocycles. The second-order valence-electron chi connectivity index (χ2n) is 6.91. The molecule has 4 aromatic rings. The fourth-order valence-corrected chi connectivity index (χ4v) is 4.29. The number of thiazole rings is 1. The Bertz CT molecular complexity index is 1350. The number of methoxy groups -OCH3 is 1. The van der Waals surface area contributed by atoms with Gasteiger partial charge in [0, 0.05) is 12.1 Å². The third-order valence-corrected chi connectivity index (χ3v) is 5.89. The van der Waals surface area contributed by atoms with Gasteiger partial charge >= 0.3 is 0 Å². The van der Waals surface area contributed by atoms with Gasteiger partial charge in [-0.25, -0.2) is 4.98 Å². The topological polar surface area (TPSA) is 92.4 Å². The minimum absolute atomic E-state index is 0.0876. The standard InChI is InChI=1S/C23H20N4O3S2/c1-3-20(28)26-23-25-17-9-8-15(12-19(17)32-23)24-22(31)27-21(29)16-10-13-6-4-5-7-14(13)11-18(16)30-2/h4-12H,3H2,1-2H3,(H,25,26,28)(H2,24,27,29,31). The molecule has 2 amide bonds. The van der Waals surface area contributed by atoms with E-state index >= 15 is 0 Å². The maximum Gasteiger partial charge on any atom is 0.261 e. The molecule has 0 saturated carbocycles. The molecule has 0 bridgehead atoms. The Balaban J connectivity index is 1.48. The lowest BCUT2D eigenvalue weighted by molar-refractivity contribution is -0.115. The van der Waals surface area contributed by atoms with Crippen LogP contribution in [0.15, 0.2) is 54.6 Å². The predicted molar refractivity (Wildman–Crippen MR) is 133 cm³/mol. The number of carbonyl (C=O) groups is 2. The molecule has 0 radical (unpaired) electrons. The number of benzene rings is 3. The van der Waals surface area contributed by atoms with Crippen molar-refractivity contribution in [3.05, 3.63) is 60.2 Å². The SMILES string of the molecule is CCC(=O)Nc1nc2ccc(NC(=S)NC(=O)c3cc4ccccc4cc3OC)cc2s1. The fraction of sp³-hybridized carbons (Fsp3) is 0.130. The van der Waals surface area contributed by atoms with Gasteiger partial charge in [0.25, 0.3) is 5.91 Å². The van der Waals surface area contributed by atoms with Gasteiger partial charge in [-0.2, -0.15) is 0 Å². The van der Waals surface area contributed by atoms with Crippen LogP contribution in [0.5, 0.6) is 5.75 Å². The van der Waals surface area contributed by atoms with Crippen molar-refractivity contribution in [3.8, 4) is 5.75 Å². The summed E-state index contributed by atoms with van der Waals surface area (Å²) in [6.07, 6.45) is 0.388. The van der Waals surface area contributed by atoms with E-state index in [1.807, 2.05) is 48.5 Å². The molecule has 0 aliphatic rings. The molecule has 0 saturated heterocycles. The van der Waals surface area contributed by atoms with Crippen LogP contribution in [-0.4, -0.2) is 29.0 Å². The van der Waals surface area contributed by atoms with E-state index in [-0.39, 0.29) is 16.9 Å². The molecule has 4 rings (SSSR count). The second kappa shape index (κ2) is 9.29. The molecule has 1 heterocycles. The van der Waals surface area contributed by atoms with Gasteiger partial charge in [0.1, 0.15) is 5.75 Å². The van der Waals surface area contributed by atoms with Gasteiger partial charge < -0.3 is 15.4 Å². The minimum Gasteiger partial charge on any atom is -0.496 e. The lowest BCUT2D eigenvalue weighted by atomic mass is 10.1. The van der Waals surface area contributed by atoms with Crippen LogP contribution < -0.4 is 20.7 Å². The van der Waals surface area contributed by atoms with Crippen molar-refractivity contribution in [2.45, 2.75) is 13.3 Å². The average molecular weight is 465 g/mol. The van der Waals surface area contributed by atoms with Gasteiger partial charge in [-0.1, -0.05) is 42.5 Å². The lowest BCUT2D eigenvalue weighted by Gasteiger charge is -2.13. The number of hydrogen-bond donors (Lipinski definition) is 3. The van der Waals surface area contributed by atoms with E-state index in [0.29, 0.717) is 28.6 Å². The van der Waals surface area contributed by atoms with Crippen molar-refractivity contribution in [2.24, 2.45) is 0 Å². The molecule has 3 aromatic carbocycles. The molecule has 32 heavy (non-hydrogen) atoms. The number of nitrogens with one attached hydrogen (secondary N) is 3. The van der Waals surface area contributed by atoms with Gasteiger partial charge in [0.15, 0.2) is 10.2 Å². The molecular formula is C23H20N4O3S2. The smallest absolute Gasteiger partial charge is 0.261 e. The molecule has 9 heteroatoms. The van der Waals surface area contributed by atoms with Gasteiger partial charge in [0.2, 0.25) is 5.91 Å². The summed E-state index contributed by atoms with van der Waals surface area (Å²) in [5.41, 5.74) is 1.86. The van der Waals surface area contributed by atoms with Crippen LogP contribution in [0.25, 0.3) is 21.0 Å². The Morgan fingerprint density at radius 2 is 1.81 bits per heavy atom. The summed E-state index contributed by atoms with van der Waals surface area (Å²) in [4.78, 5) is 28.8. The van der Waals surface area contributed by atoms with E-state index in [1.165, 1.54) is 18.4 Å². The van der Waals surface area contributed by atoms with E-state index < -0.39 is 0 Å². The van der Waals surface area contributed by atoms with Crippen molar-refractivity contribution in [1.82, 2.24) is 10.3 Å². The van der Waals surface area contributed by atoms with Crippen molar-refractivity contribution in [1.29, 1.82) is 0 Å². The van der Waals surface area contributed by atoms with Gasteiger partial charge in [-0.05, 0) is 53.3 Å². The Morgan fingerprint density at radius 1 is 1.06 bits per heavy atom. The average Bonchev–Trinajstić information content (AvgIpc) is 3.19. The van der Waals surface area contributed by atoms with Crippen LogP contribution in [0.3, 0.4) is 0 Å². The molecule has 1 aromatic heterocycles. The van der Waals surface area contributed by atoms with Gasteiger partial charge in [-0.15, -0.1) is 0 Å². The number of carbonyl (C=O) groups excluding carboxylic acids is 2. The van der Waals surface area contributed by atoms with Crippen molar-refractivity contribution in [2.75, 3.05) is 17.7 Å². The van der Waals surface area contributed by atoms with Crippen LogP contribution in [0.4, 0.5) is 10.8 Å². The minimum atomic E-state index is -0.367. The number of amides is 2. The predicted octanol–water partition coefficient (Wildman–Crippen LogP) is 4.93. The maximum atomic E-state index is 12.8. The normalized spacial score (nSPS) is 10.7. The van der Waals surface area contributed by atoms with Gasteiger partial charge in [0.05, 0.1) is 22.9 Å². The Labute approximate surface area is 193 Å². The van der Waals surface area contributed by atoms with Crippen LogP contribution >= 0.6 is 23.6 Å². The fourth-order valence-electron chi connectivity index (χ4n) is 3.16. The molecule has 0 aliphatic heterocycles. The maximum absolute atomic E-state index is 12.8. The first kappa shape index (κ1) is 21.7. The number of fused-ring (bicyclic) bond motifs is 2. The van der Waals surface area contributed by atoms with Crippen molar-refractivity contribution in [3.63, 3.8) is 0 Å². The molecule has 162 valence electrons. The summed E-state index contributed by atoms with van der Waals surface area (Å²) in [5, 5.41) is 11.1. The monoisotopic (exact) mass is 464 g/mol. The first-order valence-electron chi connectivity index (χ1n) is 9.86. The first-order chi connectivity index (χ1) is 15.5. The van der Waals surface area contributed by atoms with Gasteiger partial charge in [-0.3, -0.25) is 14.9 Å². The highest BCUT2D eigenvalue weighted by Crippen LogP contribution is 2.29. The lowest BCUT2D eigenvalue weighted by Crippen LogP contribution is -2.34. The molecular weight excluding hydrogens is 444 g/mol. The van der Waals surface area contributed by atoms with Crippen LogP contribution in [0.1, 0.15) is 23.7 Å². The van der Waals surface area contributed by atoms with E-state index in [0.717, 1.165) is 21.0 Å². The Hall–Kier alpha value is -3.56. The van der Waals surface area contributed by atoms with E-state index in [4.69, 9.17) is 17.0 Å². The highest BCUT2D eigenvalue weighted by atomic mass is 32.1. The highest BCUT2D eigenvalue weighted by Gasteiger charge is 2.15. The second-order valence-corrected chi connectivity index (χ2v) is 8.35. The summed E-state index contributed by atoms with van der Waals surface area (Å²) in [6.45, 7) is 1.79. The zero-order chi connectivity index (χ0) is 22.7. The third-order valence-electron chi connectivity index (χ3n) is 4.75. The summed E-state index contributed by atoms with van der Waals surface area (Å²) >= 11 is 6.70. The highest BCUT2D eigenvalue weighted by molar-refractivity contribution is 7.80. The summed E-state index contributed by atoms with van der Waals surface area (Å²) < 4.78 is 6.28. The van der Waals surface area contributed by atoms with Crippen LogP contribution in [0, 0.1) is 0 Å². The van der Waals surface area contributed by atoms with Crippen molar-refractivity contribution >= 4 is 72.3 Å². The number of rotatable bonds is 5. The van der Waals surface area contributed by atoms with Crippen molar-refractivity contribution < 1.29 is 14.3 Å². The molecule has 7 nitrogen and oxygen atoms in total. The number of nitrogens with zero attached hydrogens (tertiary/aromatic N) is 1. The molecule has 0 unspecified atom stereocenters. The zero-order valence-corrected chi connectivity index (χ0v) is 19.0. The van der Waals surface area contributed by atoms with E-state index in [9.17, 15) is 9.59 Å². The number of aromatic nitrogens is 1. The summed E-state index contributed by atoms with van der Waals surface area (Å²) in [7, 11) is 1.53. The zero-order valence-electron chi connectivity index (χ0n) is 17.4. The summed E-state index contributed by atoms with van der Waals surface area (Å²) in [5.74, 6) is 0.0145. The first-order valence-corrected chi connectivity index (χ1v) is 11.1. The molecule has 0 spiro atoms. The number of hydrogen-bond acceptors (Lipinski definition) is 6. The molecule has 0 fully saturated rings. The quantitative estimate of drug-likeness (QED) is 0.363. The van der Waals surface area contributed by atoms with E-state index in [1.54, 1.807) is 13.0 Å². The summed E-state index contributed by atoms with van der Waals surface area (Å²) in [6, 6.07) is 16.8. The largest absolute Gasteiger partial charge is 0.496 e. The van der Waals surface area contributed by atoms with Crippen LogP contribution in [-0.2, 0) is 4.79 Å². The van der Waals surface area contributed by atoms with E-state index in [2.05, 4.69) is 20.9 Å². The molecule has 3 N–H and O–H groups in total. The Morgan fingerprint density at radius 3 is 2.53 bits per heavy atom. The number of anilines is 2. The number of ether oxygens (including phenoxy) is 1. The number of thiocarbonyl (C=S) groups is 1. The third kappa shape index (κ3) is 4.68.